The maximum atomic E-state index is 11.8. The topological polar surface area (TPSA) is 50.4 Å². The molecule has 1 heterocycles. The minimum Gasteiger partial charge on any atom is -0.378 e. The minimum atomic E-state index is -0.122. The van der Waals surface area contributed by atoms with Gasteiger partial charge in [-0.1, -0.05) is 23.2 Å². The summed E-state index contributed by atoms with van der Waals surface area (Å²) in [4.78, 5) is 11.8. The molecule has 0 spiro atoms. The molecular formula is C14H18Cl2N2O2. The fraction of sp³-hybridized carbons (Fsp3) is 0.500. The summed E-state index contributed by atoms with van der Waals surface area (Å²) in [5.74, 6) is -0.122. The lowest BCUT2D eigenvalue weighted by Gasteiger charge is -2.22. The lowest BCUT2D eigenvalue weighted by molar-refractivity contribution is -0.117. The molecule has 2 rings (SSSR count). The van der Waals surface area contributed by atoms with E-state index in [0.29, 0.717) is 28.8 Å². The third kappa shape index (κ3) is 4.94. The number of halogens is 2. The van der Waals surface area contributed by atoms with Crippen LogP contribution in [0.4, 0.5) is 5.69 Å². The highest BCUT2D eigenvalue weighted by Crippen LogP contribution is 2.25. The fourth-order valence-electron chi connectivity index (χ4n) is 2.09. The standard InChI is InChI=1S/C14H18Cl2N2O2/c15-10-1-2-12(16)13(9-10)18-14(19)5-8-20-11-3-6-17-7-4-11/h1-2,9,11,17H,3-8H2,(H,18,19). The Balaban J connectivity index is 1.73. The summed E-state index contributed by atoms with van der Waals surface area (Å²) in [5.41, 5.74) is 0.533. The highest BCUT2D eigenvalue weighted by atomic mass is 35.5. The molecule has 1 amide bonds. The van der Waals surface area contributed by atoms with Crippen LogP contribution < -0.4 is 10.6 Å². The van der Waals surface area contributed by atoms with Gasteiger partial charge in [0.1, 0.15) is 0 Å². The Bertz CT molecular complexity index is 462. The average Bonchev–Trinajstić information content (AvgIpc) is 2.44. The molecule has 1 fully saturated rings. The molecule has 6 heteroatoms. The molecule has 0 bridgehead atoms. The minimum absolute atomic E-state index is 0.122. The normalized spacial score (nSPS) is 16.1. The van der Waals surface area contributed by atoms with Crippen molar-refractivity contribution in [2.45, 2.75) is 25.4 Å². The van der Waals surface area contributed by atoms with E-state index in [-0.39, 0.29) is 12.0 Å². The molecule has 20 heavy (non-hydrogen) atoms. The molecule has 0 atom stereocenters. The first kappa shape index (κ1) is 15.6. The Kier molecular flexibility index (Phi) is 6.10. The van der Waals surface area contributed by atoms with Gasteiger partial charge < -0.3 is 15.4 Å². The summed E-state index contributed by atoms with van der Waals surface area (Å²) in [6.07, 6.45) is 2.58. The van der Waals surface area contributed by atoms with Crippen LogP contribution in [0.2, 0.25) is 10.0 Å². The number of hydrogen-bond donors (Lipinski definition) is 2. The van der Waals surface area contributed by atoms with Crippen LogP contribution in [-0.4, -0.2) is 31.7 Å². The zero-order valence-corrected chi connectivity index (χ0v) is 12.6. The van der Waals surface area contributed by atoms with Crippen LogP contribution in [0, 0.1) is 0 Å². The van der Waals surface area contributed by atoms with Gasteiger partial charge in [-0.3, -0.25) is 4.79 Å². The highest BCUT2D eigenvalue weighted by Gasteiger charge is 2.14. The molecule has 110 valence electrons. The summed E-state index contributed by atoms with van der Waals surface area (Å²) in [6.45, 7) is 2.39. The van der Waals surface area contributed by atoms with E-state index in [4.69, 9.17) is 27.9 Å². The van der Waals surface area contributed by atoms with Crippen molar-refractivity contribution in [3.8, 4) is 0 Å². The van der Waals surface area contributed by atoms with E-state index in [1.165, 1.54) is 0 Å². The third-order valence-electron chi connectivity index (χ3n) is 3.17. The average molecular weight is 317 g/mol. The SMILES string of the molecule is O=C(CCOC1CCNCC1)Nc1cc(Cl)ccc1Cl. The van der Waals surface area contributed by atoms with Gasteiger partial charge in [-0.2, -0.15) is 0 Å². The summed E-state index contributed by atoms with van der Waals surface area (Å²) < 4.78 is 5.69. The summed E-state index contributed by atoms with van der Waals surface area (Å²) in [5, 5.41) is 7.02. The number of ether oxygens (including phenoxy) is 1. The first-order chi connectivity index (χ1) is 9.65. The van der Waals surface area contributed by atoms with E-state index >= 15 is 0 Å². The molecule has 1 aliphatic rings. The quantitative estimate of drug-likeness (QED) is 0.877. The van der Waals surface area contributed by atoms with Crippen molar-refractivity contribution in [3.05, 3.63) is 28.2 Å². The van der Waals surface area contributed by atoms with Gasteiger partial charge in [0, 0.05) is 5.02 Å². The smallest absolute Gasteiger partial charge is 0.226 e. The van der Waals surface area contributed by atoms with Crippen molar-refractivity contribution < 1.29 is 9.53 Å². The van der Waals surface area contributed by atoms with Crippen molar-refractivity contribution in [3.63, 3.8) is 0 Å². The van der Waals surface area contributed by atoms with Gasteiger partial charge >= 0.3 is 0 Å². The van der Waals surface area contributed by atoms with Gasteiger partial charge in [-0.25, -0.2) is 0 Å². The lowest BCUT2D eigenvalue weighted by Crippen LogP contribution is -2.33. The lowest BCUT2D eigenvalue weighted by atomic mass is 10.1. The number of benzene rings is 1. The van der Waals surface area contributed by atoms with E-state index in [2.05, 4.69) is 10.6 Å². The van der Waals surface area contributed by atoms with Gasteiger partial charge in [-0.15, -0.1) is 0 Å². The molecule has 4 nitrogen and oxygen atoms in total. The second kappa shape index (κ2) is 7.84. The molecule has 1 aromatic rings. The predicted octanol–water partition coefficient (Wildman–Crippen LogP) is 3.09. The van der Waals surface area contributed by atoms with Crippen molar-refractivity contribution in [2.75, 3.05) is 25.0 Å². The first-order valence-corrected chi connectivity index (χ1v) is 7.48. The molecule has 1 aromatic carbocycles. The highest BCUT2D eigenvalue weighted by molar-refractivity contribution is 6.35. The number of anilines is 1. The number of rotatable bonds is 5. The van der Waals surface area contributed by atoms with Crippen LogP contribution in [0.3, 0.4) is 0 Å². The predicted molar refractivity (Wildman–Crippen MR) is 81.6 cm³/mol. The van der Waals surface area contributed by atoms with Crippen LogP contribution in [0.15, 0.2) is 18.2 Å². The molecule has 0 saturated carbocycles. The summed E-state index contributed by atoms with van der Waals surface area (Å²) in [7, 11) is 0. The van der Waals surface area contributed by atoms with Gasteiger partial charge in [0.25, 0.3) is 0 Å². The van der Waals surface area contributed by atoms with E-state index in [1.807, 2.05) is 0 Å². The number of carbonyl (C=O) groups excluding carboxylic acids is 1. The number of carbonyl (C=O) groups is 1. The zero-order chi connectivity index (χ0) is 14.4. The molecule has 2 N–H and O–H groups in total. The molecule has 1 saturated heterocycles. The third-order valence-corrected chi connectivity index (χ3v) is 3.74. The van der Waals surface area contributed by atoms with E-state index in [0.717, 1.165) is 25.9 Å². The largest absolute Gasteiger partial charge is 0.378 e. The Hall–Kier alpha value is -0.810. The van der Waals surface area contributed by atoms with Crippen molar-refractivity contribution in [1.82, 2.24) is 5.32 Å². The Morgan fingerprint density at radius 3 is 2.85 bits per heavy atom. The fourth-order valence-corrected chi connectivity index (χ4v) is 2.42. The van der Waals surface area contributed by atoms with Crippen LogP contribution in [-0.2, 0) is 9.53 Å². The number of piperidine rings is 1. The maximum absolute atomic E-state index is 11.8. The van der Waals surface area contributed by atoms with Crippen molar-refractivity contribution in [1.29, 1.82) is 0 Å². The summed E-state index contributed by atoms with van der Waals surface area (Å²) in [6, 6.07) is 4.97. The second-order valence-corrected chi connectivity index (χ2v) is 5.59. The van der Waals surface area contributed by atoms with Crippen LogP contribution in [0.5, 0.6) is 0 Å². The van der Waals surface area contributed by atoms with Gasteiger partial charge in [0.05, 0.1) is 29.8 Å². The maximum Gasteiger partial charge on any atom is 0.226 e. The Morgan fingerprint density at radius 1 is 1.35 bits per heavy atom. The van der Waals surface area contributed by atoms with Gasteiger partial charge in [0.15, 0.2) is 0 Å². The van der Waals surface area contributed by atoms with Gasteiger partial charge in [-0.05, 0) is 44.1 Å². The number of hydrogen-bond acceptors (Lipinski definition) is 3. The molecule has 0 unspecified atom stereocenters. The van der Waals surface area contributed by atoms with Crippen LogP contribution in [0.1, 0.15) is 19.3 Å². The van der Waals surface area contributed by atoms with Crippen LogP contribution >= 0.6 is 23.2 Å². The van der Waals surface area contributed by atoms with Gasteiger partial charge in [0.2, 0.25) is 5.91 Å². The number of amides is 1. The monoisotopic (exact) mass is 316 g/mol. The molecule has 0 aliphatic carbocycles. The number of nitrogens with one attached hydrogen (secondary N) is 2. The Labute approximate surface area is 128 Å². The molecular weight excluding hydrogens is 299 g/mol. The van der Waals surface area contributed by atoms with Crippen molar-refractivity contribution >= 4 is 34.8 Å². The van der Waals surface area contributed by atoms with E-state index in [9.17, 15) is 4.79 Å². The van der Waals surface area contributed by atoms with Crippen LogP contribution in [0.25, 0.3) is 0 Å². The molecule has 0 radical (unpaired) electrons. The Morgan fingerprint density at radius 2 is 2.10 bits per heavy atom. The van der Waals surface area contributed by atoms with E-state index < -0.39 is 0 Å². The first-order valence-electron chi connectivity index (χ1n) is 6.72. The second-order valence-electron chi connectivity index (χ2n) is 4.74. The van der Waals surface area contributed by atoms with Crippen molar-refractivity contribution in [2.24, 2.45) is 0 Å². The van der Waals surface area contributed by atoms with E-state index in [1.54, 1.807) is 18.2 Å². The molecule has 0 aromatic heterocycles. The zero-order valence-electron chi connectivity index (χ0n) is 11.1. The summed E-state index contributed by atoms with van der Waals surface area (Å²) >= 11 is 11.9. The molecule has 1 aliphatic heterocycles.